The number of carboxylic acid groups (broad SMARTS) is 1. The van der Waals surface area contributed by atoms with Gasteiger partial charge in [0.25, 0.3) is 5.91 Å². The first-order valence-electron chi connectivity index (χ1n) is 13.9. The highest BCUT2D eigenvalue weighted by atomic mass is 19.1. The Balaban J connectivity index is 1.49. The molecule has 40 heavy (non-hydrogen) atoms. The largest absolute Gasteiger partial charge is 0.481 e. The summed E-state index contributed by atoms with van der Waals surface area (Å²) in [5, 5.41) is 9.15. The van der Waals surface area contributed by atoms with Gasteiger partial charge in [0, 0.05) is 24.6 Å². The van der Waals surface area contributed by atoms with Crippen molar-refractivity contribution in [3.05, 3.63) is 143 Å². The van der Waals surface area contributed by atoms with Crippen LogP contribution in [-0.2, 0) is 11.2 Å². The van der Waals surface area contributed by atoms with Crippen molar-refractivity contribution >= 4 is 11.9 Å². The van der Waals surface area contributed by atoms with Crippen molar-refractivity contribution in [3.8, 4) is 0 Å². The molecule has 1 unspecified atom stereocenters. The Hall–Kier alpha value is -4.25. The maximum absolute atomic E-state index is 13.6. The molecular formula is C35H36FNO3. The average molecular weight is 538 g/mol. The molecule has 4 rings (SSSR count). The number of carbonyl (C=O) groups is 2. The fourth-order valence-electron chi connectivity index (χ4n) is 5.18. The normalized spacial score (nSPS) is 11.8. The predicted molar refractivity (Wildman–Crippen MR) is 157 cm³/mol. The maximum Gasteiger partial charge on any atom is 0.303 e. The van der Waals surface area contributed by atoms with E-state index in [1.165, 1.54) is 23.3 Å². The Bertz CT molecular complexity index is 1330. The Morgan fingerprint density at radius 2 is 1.38 bits per heavy atom. The van der Waals surface area contributed by atoms with Gasteiger partial charge in [0.15, 0.2) is 0 Å². The molecule has 0 saturated heterocycles. The minimum Gasteiger partial charge on any atom is -0.481 e. The number of rotatable bonds is 13. The van der Waals surface area contributed by atoms with Crippen LogP contribution in [0.1, 0.15) is 70.6 Å². The van der Waals surface area contributed by atoms with E-state index in [0.29, 0.717) is 18.7 Å². The SMILES string of the molecule is CC(CC(=O)O)c1cccc(CCCN(CCC(c2ccccc2)c2ccccc2)C(=O)c2ccc(F)cc2)c1. The van der Waals surface area contributed by atoms with Gasteiger partial charge in [-0.05, 0) is 71.7 Å². The van der Waals surface area contributed by atoms with Crippen molar-refractivity contribution in [1.29, 1.82) is 0 Å². The van der Waals surface area contributed by atoms with Crippen LogP contribution in [0.4, 0.5) is 4.39 Å². The van der Waals surface area contributed by atoms with E-state index in [9.17, 15) is 14.0 Å². The molecule has 4 aromatic carbocycles. The zero-order valence-electron chi connectivity index (χ0n) is 22.9. The van der Waals surface area contributed by atoms with Crippen LogP contribution in [0.2, 0.25) is 0 Å². The van der Waals surface area contributed by atoms with Gasteiger partial charge in [-0.25, -0.2) is 4.39 Å². The molecule has 5 heteroatoms. The number of benzene rings is 4. The van der Waals surface area contributed by atoms with Crippen molar-refractivity contribution < 1.29 is 19.1 Å². The molecule has 4 aromatic rings. The summed E-state index contributed by atoms with van der Waals surface area (Å²) in [6, 6.07) is 34.5. The standard InChI is InChI=1S/C35H36FNO3/c1-26(24-34(38)39)31-16-8-10-27(25-31)11-9-22-37(35(40)30-17-19-32(36)20-18-30)23-21-33(28-12-4-2-5-13-28)29-14-6-3-7-15-29/h2-8,10,12-20,25-26,33H,9,11,21-24H2,1H3,(H,38,39). The third-order valence-electron chi connectivity index (χ3n) is 7.36. The first-order chi connectivity index (χ1) is 19.4. The van der Waals surface area contributed by atoms with E-state index >= 15 is 0 Å². The molecule has 0 aromatic heterocycles. The Morgan fingerprint density at radius 1 is 0.775 bits per heavy atom. The highest BCUT2D eigenvalue weighted by Crippen LogP contribution is 2.28. The van der Waals surface area contributed by atoms with E-state index in [0.717, 1.165) is 30.4 Å². The van der Waals surface area contributed by atoms with Crippen molar-refractivity contribution in [3.63, 3.8) is 0 Å². The predicted octanol–water partition coefficient (Wildman–Crippen LogP) is 7.70. The van der Waals surface area contributed by atoms with E-state index in [4.69, 9.17) is 5.11 Å². The number of carbonyl (C=O) groups excluding carboxylic acids is 1. The summed E-state index contributed by atoms with van der Waals surface area (Å²) in [6.45, 7) is 3.04. The number of halogens is 1. The lowest BCUT2D eigenvalue weighted by atomic mass is 9.88. The van der Waals surface area contributed by atoms with Crippen LogP contribution >= 0.6 is 0 Å². The minimum absolute atomic E-state index is 0.0677. The van der Waals surface area contributed by atoms with E-state index in [2.05, 4.69) is 30.3 Å². The van der Waals surface area contributed by atoms with Crippen molar-refractivity contribution in [1.82, 2.24) is 4.90 Å². The van der Waals surface area contributed by atoms with Gasteiger partial charge in [0.2, 0.25) is 0 Å². The molecule has 1 N–H and O–H groups in total. The first-order valence-corrected chi connectivity index (χ1v) is 13.9. The molecule has 0 fully saturated rings. The van der Waals surface area contributed by atoms with E-state index in [1.807, 2.05) is 66.4 Å². The average Bonchev–Trinajstić information content (AvgIpc) is 2.97. The maximum atomic E-state index is 13.6. The molecule has 0 aliphatic rings. The molecule has 0 saturated carbocycles. The molecule has 0 bridgehead atoms. The third-order valence-corrected chi connectivity index (χ3v) is 7.36. The fourth-order valence-corrected chi connectivity index (χ4v) is 5.18. The first kappa shape index (κ1) is 28.8. The topological polar surface area (TPSA) is 57.6 Å². The van der Waals surface area contributed by atoms with Crippen molar-refractivity contribution in [2.75, 3.05) is 13.1 Å². The lowest BCUT2D eigenvalue weighted by Gasteiger charge is -2.26. The lowest BCUT2D eigenvalue weighted by Crippen LogP contribution is -2.34. The van der Waals surface area contributed by atoms with Gasteiger partial charge in [-0.2, -0.15) is 0 Å². The highest BCUT2D eigenvalue weighted by molar-refractivity contribution is 5.94. The summed E-state index contributed by atoms with van der Waals surface area (Å²) >= 11 is 0. The Labute approximate surface area is 236 Å². The molecular weight excluding hydrogens is 501 g/mol. The summed E-state index contributed by atoms with van der Waals surface area (Å²) in [5.74, 6) is -1.21. The number of nitrogens with zero attached hydrogens (tertiary/aromatic N) is 1. The molecule has 0 heterocycles. The van der Waals surface area contributed by atoms with E-state index < -0.39 is 5.97 Å². The number of amides is 1. The fraction of sp³-hybridized carbons (Fsp3) is 0.257. The monoisotopic (exact) mass is 537 g/mol. The van der Waals surface area contributed by atoms with Gasteiger partial charge in [-0.3, -0.25) is 9.59 Å². The van der Waals surface area contributed by atoms with Crippen molar-refractivity contribution in [2.24, 2.45) is 0 Å². The van der Waals surface area contributed by atoms with Crippen LogP contribution in [0.15, 0.2) is 109 Å². The Morgan fingerprint density at radius 3 is 1.98 bits per heavy atom. The summed E-state index contributed by atoms with van der Waals surface area (Å²) in [4.78, 5) is 26.6. The summed E-state index contributed by atoms with van der Waals surface area (Å²) in [6.07, 6.45) is 2.36. The van der Waals surface area contributed by atoms with Gasteiger partial charge in [0.05, 0.1) is 6.42 Å². The second-order valence-electron chi connectivity index (χ2n) is 10.3. The van der Waals surface area contributed by atoms with Crippen LogP contribution in [-0.4, -0.2) is 35.0 Å². The number of aryl methyl sites for hydroxylation is 1. The molecule has 1 atom stereocenters. The minimum atomic E-state index is -0.808. The summed E-state index contributed by atoms with van der Waals surface area (Å²) in [5.41, 5.74) is 5.01. The zero-order valence-corrected chi connectivity index (χ0v) is 22.9. The smallest absolute Gasteiger partial charge is 0.303 e. The van der Waals surface area contributed by atoms with E-state index in [1.54, 1.807) is 12.1 Å². The number of carboxylic acids is 1. The lowest BCUT2D eigenvalue weighted by molar-refractivity contribution is -0.137. The van der Waals surface area contributed by atoms with Crippen LogP contribution in [0.3, 0.4) is 0 Å². The van der Waals surface area contributed by atoms with Crippen molar-refractivity contribution in [2.45, 2.75) is 44.4 Å². The van der Waals surface area contributed by atoms with Crippen LogP contribution in [0.25, 0.3) is 0 Å². The van der Waals surface area contributed by atoms with Gasteiger partial charge < -0.3 is 10.0 Å². The Kier molecular flexibility index (Phi) is 10.2. The number of hydrogen-bond donors (Lipinski definition) is 1. The van der Waals surface area contributed by atoms with Gasteiger partial charge in [-0.1, -0.05) is 91.9 Å². The van der Waals surface area contributed by atoms with Crippen LogP contribution < -0.4 is 0 Å². The van der Waals surface area contributed by atoms with Crippen LogP contribution in [0.5, 0.6) is 0 Å². The molecule has 0 aliphatic carbocycles. The zero-order chi connectivity index (χ0) is 28.3. The molecule has 206 valence electrons. The number of hydrogen-bond acceptors (Lipinski definition) is 2. The molecule has 0 radical (unpaired) electrons. The molecule has 1 amide bonds. The summed E-state index contributed by atoms with van der Waals surface area (Å²) < 4.78 is 13.6. The van der Waals surface area contributed by atoms with Gasteiger partial charge in [0.1, 0.15) is 5.82 Å². The summed E-state index contributed by atoms with van der Waals surface area (Å²) in [7, 11) is 0. The second kappa shape index (κ2) is 14.2. The van der Waals surface area contributed by atoms with Gasteiger partial charge in [-0.15, -0.1) is 0 Å². The molecule has 0 spiro atoms. The number of aliphatic carboxylic acids is 1. The van der Waals surface area contributed by atoms with Gasteiger partial charge >= 0.3 is 5.97 Å². The van der Waals surface area contributed by atoms with E-state index in [-0.39, 0.29) is 30.0 Å². The highest BCUT2D eigenvalue weighted by Gasteiger charge is 2.20. The molecule has 4 nitrogen and oxygen atoms in total. The quantitative estimate of drug-likeness (QED) is 0.190. The van der Waals surface area contributed by atoms with Crippen LogP contribution in [0, 0.1) is 5.82 Å². The second-order valence-corrected chi connectivity index (χ2v) is 10.3. The molecule has 0 aliphatic heterocycles. The third kappa shape index (κ3) is 8.12.